The van der Waals surface area contributed by atoms with Crippen molar-refractivity contribution in [1.82, 2.24) is 16.1 Å². The normalized spacial score (nSPS) is 7.50. The zero-order valence-electron chi connectivity index (χ0n) is 4.15. The molecule has 2 N–H and O–H groups in total. The first-order valence-corrected chi connectivity index (χ1v) is 1.91. The first kappa shape index (κ1) is 6.84. The van der Waals surface area contributed by atoms with Crippen molar-refractivity contribution in [3.63, 3.8) is 0 Å². The molecule has 0 spiro atoms. The fourth-order valence-electron chi connectivity index (χ4n) is 0.301. The lowest BCUT2D eigenvalue weighted by atomic mass is 10.6. The molecule has 0 aliphatic rings. The van der Waals surface area contributed by atoms with Crippen molar-refractivity contribution in [1.29, 1.82) is 0 Å². The molecule has 8 heavy (non-hydrogen) atoms. The second-order valence-corrected chi connectivity index (χ2v) is 1.13. The Kier molecular flexibility index (Phi) is 2.50. The van der Waals surface area contributed by atoms with Gasteiger partial charge in [-0.05, 0) is 6.07 Å². The van der Waals surface area contributed by atoms with Crippen molar-refractivity contribution in [2.24, 2.45) is 0 Å². The van der Waals surface area contributed by atoms with E-state index in [9.17, 15) is 0 Å². The lowest BCUT2D eigenvalue weighted by Crippen LogP contribution is -1.87. The molecular formula is C4H5N4. The van der Waals surface area contributed by atoms with Gasteiger partial charge in [-0.15, -0.1) is 0 Å². The van der Waals surface area contributed by atoms with Crippen LogP contribution in [0, 0.1) is 0 Å². The Bertz CT molecular complexity index is 138. The standard InChI is InChI=1S/C4H5N3.N/c5-4-1-2-6-3-7-4;/h1-3H,(H2,5,6,7);. The summed E-state index contributed by atoms with van der Waals surface area (Å²) in [5.74, 6) is 0.509. The van der Waals surface area contributed by atoms with Crippen molar-refractivity contribution in [2.75, 3.05) is 5.73 Å². The van der Waals surface area contributed by atoms with Gasteiger partial charge in [0.2, 0.25) is 0 Å². The van der Waals surface area contributed by atoms with E-state index in [0.717, 1.165) is 0 Å². The molecule has 0 amide bonds. The lowest BCUT2D eigenvalue weighted by molar-refractivity contribution is 1.18. The molecule has 0 aliphatic heterocycles. The first-order chi connectivity index (χ1) is 3.39. The first-order valence-electron chi connectivity index (χ1n) is 1.91. The zero-order chi connectivity index (χ0) is 5.11. The molecule has 0 unspecified atom stereocenters. The van der Waals surface area contributed by atoms with Crippen molar-refractivity contribution in [3.05, 3.63) is 18.6 Å². The van der Waals surface area contributed by atoms with Crippen LogP contribution in [-0.4, -0.2) is 9.97 Å². The highest BCUT2D eigenvalue weighted by Gasteiger charge is 1.74. The van der Waals surface area contributed by atoms with Crippen LogP contribution < -0.4 is 11.9 Å². The third-order valence-corrected chi connectivity index (χ3v) is 0.605. The van der Waals surface area contributed by atoms with Crippen LogP contribution in [0.1, 0.15) is 0 Å². The van der Waals surface area contributed by atoms with Gasteiger partial charge < -0.3 is 5.73 Å². The van der Waals surface area contributed by atoms with Crippen LogP contribution in [0.5, 0.6) is 0 Å². The SMILES string of the molecule is Nc1ccncn1.[N]. The monoisotopic (exact) mass is 109 g/mol. The van der Waals surface area contributed by atoms with Crippen LogP contribution in [0.4, 0.5) is 5.82 Å². The van der Waals surface area contributed by atoms with E-state index in [-0.39, 0.29) is 6.15 Å². The summed E-state index contributed by atoms with van der Waals surface area (Å²) in [7, 11) is 0. The van der Waals surface area contributed by atoms with E-state index in [4.69, 9.17) is 5.73 Å². The number of rotatable bonds is 0. The van der Waals surface area contributed by atoms with E-state index in [1.54, 1.807) is 12.3 Å². The van der Waals surface area contributed by atoms with Crippen molar-refractivity contribution in [2.45, 2.75) is 0 Å². The summed E-state index contributed by atoms with van der Waals surface area (Å²) in [6, 6.07) is 1.64. The van der Waals surface area contributed by atoms with Crippen molar-refractivity contribution < 1.29 is 0 Å². The summed E-state index contributed by atoms with van der Waals surface area (Å²) in [6.07, 6.45) is 3.01. The molecule has 4 nitrogen and oxygen atoms in total. The summed E-state index contributed by atoms with van der Waals surface area (Å²) in [6.45, 7) is 0. The molecule has 0 aromatic carbocycles. The van der Waals surface area contributed by atoms with Crippen LogP contribution in [-0.2, 0) is 0 Å². The van der Waals surface area contributed by atoms with Gasteiger partial charge in [-0.1, -0.05) is 0 Å². The molecule has 1 aromatic rings. The predicted octanol–water partition coefficient (Wildman–Crippen LogP) is -0.422. The predicted molar refractivity (Wildman–Crippen MR) is 28.6 cm³/mol. The van der Waals surface area contributed by atoms with Crippen LogP contribution in [0.15, 0.2) is 18.6 Å². The molecule has 0 saturated carbocycles. The highest BCUT2D eigenvalue weighted by Crippen LogP contribution is 1.85. The summed E-state index contributed by atoms with van der Waals surface area (Å²) in [5.41, 5.74) is 5.21. The van der Waals surface area contributed by atoms with E-state index >= 15 is 0 Å². The number of aromatic nitrogens is 2. The molecule has 3 radical (unpaired) electrons. The molecule has 0 aliphatic carbocycles. The third-order valence-electron chi connectivity index (χ3n) is 0.605. The number of nitrogens with zero attached hydrogens (tertiary/aromatic N) is 3. The van der Waals surface area contributed by atoms with E-state index in [0.29, 0.717) is 5.82 Å². The van der Waals surface area contributed by atoms with Gasteiger partial charge in [-0.25, -0.2) is 9.97 Å². The van der Waals surface area contributed by atoms with Crippen molar-refractivity contribution in [3.8, 4) is 0 Å². The van der Waals surface area contributed by atoms with E-state index in [1.807, 2.05) is 0 Å². The summed E-state index contributed by atoms with van der Waals surface area (Å²) >= 11 is 0. The minimum atomic E-state index is 0. The second kappa shape index (κ2) is 2.92. The maximum atomic E-state index is 5.21. The fraction of sp³-hybridized carbons (Fsp3) is 0. The van der Waals surface area contributed by atoms with E-state index in [2.05, 4.69) is 9.97 Å². The van der Waals surface area contributed by atoms with Gasteiger partial charge in [0.05, 0.1) is 0 Å². The smallest absolute Gasteiger partial charge is 0.126 e. The number of nitrogens with two attached hydrogens (primary N) is 1. The van der Waals surface area contributed by atoms with Crippen LogP contribution in [0.2, 0.25) is 0 Å². The van der Waals surface area contributed by atoms with E-state index < -0.39 is 0 Å². The minimum absolute atomic E-state index is 0. The highest BCUT2D eigenvalue weighted by atomic mass is 14.9. The van der Waals surface area contributed by atoms with Gasteiger partial charge >= 0.3 is 0 Å². The molecule has 1 heterocycles. The number of hydrogen-bond donors (Lipinski definition) is 1. The fourth-order valence-corrected chi connectivity index (χ4v) is 0.301. The molecule has 0 bridgehead atoms. The van der Waals surface area contributed by atoms with Gasteiger partial charge in [0.25, 0.3) is 0 Å². The Morgan fingerprint density at radius 2 is 2.25 bits per heavy atom. The molecule has 1 rings (SSSR count). The number of nitrogen functional groups attached to an aromatic ring is 1. The summed E-state index contributed by atoms with van der Waals surface area (Å²) in [5, 5.41) is 0. The maximum Gasteiger partial charge on any atom is 0.126 e. The summed E-state index contributed by atoms with van der Waals surface area (Å²) < 4.78 is 0. The van der Waals surface area contributed by atoms with E-state index in [1.165, 1.54) is 6.33 Å². The number of anilines is 1. The average molecular weight is 109 g/mol. The van der Waals surface area contributed by atoms with Gasteiger partial charge in [0.1, 0.15) is 12.1 Å². The maximum absolute atomic E-state index is 5.21. The van der Waals surface area contributed by atoms with Crippen molar-refractivity contribution >= 4 is 5.82 Å². The Hall–Kier alpha value is -1.16. The quantitative estimate of drug-likeness (QED) is 0.491. The Balaban J connectivity index is 0.000000490. The molecule has 0 atom stereocenters. The average Bonchev–Trinajstić information content (AvgIpc) is 1.69. The van der Waals surface area contributed by atoms with Gasteiger partial charge in [-0.2, -0.15) is 0 Å². The van der Waals surface area contributed by atoms with Crippen LogP contribution >= 0.6 is 0 Å². The molecule has 4 heteroatoms. The van der Waals surface area contributed by atoms with Crippen LogP contribution in [0.3, 0.4) is 0 Å². The molecule has 1 aromatic heterocycles. The third kappa shape index (κ3) is 1.53. The van der Waals surface area contributed by atoms with Gasteiger partial charge in [0.15, 0.2) is 0 Å². The Morgan fingerprint density at radius 3 is 2.50 bits per heavy atom. The van der Waals surface area contributed by atoms with Gasteiger partial charge in [0, 0.05) is 12.3 Å². The highest BCUT2D eigenvalue weighted by molar-refractivity contribution is 5.22. The minimum Gasteiger partial charge on any atom is -0.384 e. The molecule has 0 saturated heterocycles. The zero-order valence-corrected chi connectivity index (χ0v) is 4.15. The lowest BCUT2D eigenvalue weighted by Gasteiger charge is -1.82. The number of hydrogen-bond acceptors (Lipinski definition) is 3. The van der Waals surface area contributed by atoms with Gasteiger partial charge in [-0.3, -0.25) is 0 Å². The molecular weight excluding hydrogens is 104 g/mol. The summed E-state index contributed by atoms with van der Waals surface area (Å²) in [4.78, 5) is 7.30. The topological polar surface area (TPSA) is 82.3 Å². The largest absolute Gasteiger partial charge is 0.384 e. The molecule has 0 fully saturated rings. The second-order valence-electron chi connectivity index (χ2n) is 1.13. The molecule has 41 valence electrons. The Morgan fingerprint density at radius 1 is 1.50 bits per heavy atom. The Labute approximate surface area is 47.3 Å². The van der Waals surface area contributed by atoms with Crippen LogP contribution in [0.25, 0.3) is 0 Å².